The van der Waals surface area contributed by atoms with Crippen LogP contribution in [0.4, 0.5) is 17.1 Å². The van der Waals surface area contributed by atoms with Crippen molar-refractivity contribution in [2.45, 2.75) is 12.5 Å². The lowest BCUT2D eigenvalue weighted by Crippen LogP contribution is -2.29. The number of non-ortho nitro benzene ring substituents is 1. The van der Waals surface area contributed by atoms with Crippen molar-refractivity contribution in [2.75, 3.05) is 23.3 Å². The molecule has 3 aromatic rings. The highest BCUT2D eigenvalue weighted by atomic mass is 35.5. The Morgan fingerprint density at radius 3 is 2.55 bits per heavy atom. The minimum atomic E-state index is -0.497. The van der Waals surface area contributed by atoms with Gasteiger partial charge in [-0.15, -0.1) is 0 Å². The molecule has 1 aromatic heterocycles. The highest BCUT2D eigenvalue weighted by molar-refractivity contribution is 6.33. The largest absolute Gasteiger partial charge is 0.380 e. The van der Waals surface area contributed by atoms with Crippen LogP contribution < -0.4 is 15.8 Å². The van der Waals surface area contributed by atoms with E-state index in [4.69, 9.17) is 11.6 Å². The van der Waals surface area contributed by atoms with E-state index in [1.165, 1.54) is 24.3 Å². The minimum absolute atomic E-state index is 0.0569. The van der Waals surface area contributed by atoms with Gasteiger partial charge in [0.25, 0.3) is 11.2 Å². The van der Waals surface area contributed by atoms with Gasteiger partial charge in [0, 0.05) is 37.0 Å². The Morgan fingerprint density at radius 2 is 1.86 bits per heavy atom. The maximum absolute atomic E-state index is 12.7. The van der Waals surface area contributed by atoms with Crippen molar-refractivity contribution in [3.05, 3.63) is 86.3 Å². The molecule has 0 saturated carbocycles. The molecule has 1 aliphatic rings. The lowest BCUT2D eigenvalue weighted by Gasteiger charge is -2.20. The molecule has 4 rings (SSSR count). The third-order valence-electron chi connectivity index (χ3n) is 4.88. The van der Waals surface area contributed by atoms with Gasteiger partial charge in [-0.05, 0) is 30.7 Å². The summed E-state index contributed by atoms with van der Waals surface area (Å²) in [6.07, 6.45) is 2.48. The number of aromatic nitrogens is 2. The third-order valence-corrected chi connectivity index (χ3v) is 5.23. The number of rotatable bonds is 5. The first-order chi connectivity index (χ1) is 14.0. The van der Waals surface area contributed by atoms with Crippen LogP contribution in [-0.4, -0.2) is 33.8 Å². The molecule has 1 saturated heterocycles. The Labute approximate surface area is 171 Å². The molecule has 1 N–H and O–H groups in total. The number of nitro groups is 1. The van der Waals surface area contributed by atoms with Crippen molar-refractivity contribution >= 4 is 28.7 Å². The Bertz CT molecular complexity index is 1090. The summed E-state index contributed by atoms with van der Waals surface area (Å²) in [5, 5.41) is 18.6. The second-order valence-electron chi connectivity index (χ2n) is 6.78. The van der Waals surface area contributed by atoms with Crippen molar-refractivity contribution in [2.24, 2.45) is 0 Å². The summed E-state index contributed by atoms with van der Waals surface area (Å²) in [6.45, 7) is 1.46. The zero-order chi connectivity index (χ0) is 20.4. The molecule has 2 heterocycles. The maximum Gasteiger partial charge on any atom is 0.292 e. The summed E-state index contributed by atoms with van der Waals surface area (Å²) < 4.78 is 1.14. The standard InChI is InChI=1S/C20H18ClN5O3/c21-19-18(24-11-10-15(13-24)23-14-4-2-1-3-5-14)12-22-25(20(19)27)16-6-8-17(9-7-16)26(28)29/h1-9,12,15,23H,10-11,13H2. The summed E-state index contributed by atoms with van der Waals surface area (Å²) in [4.78, 5) is 25.1. The van der Waals surface area contributed by atoms with Crippen molar-refractivity contribution in [1.82, 2.24) is 9.78 Å². The predicted molar refractivity (Wildman–Crippen MR) is 112 cm³/mol. The fraction of sp³-hybridized carbons (Fsp3) is 0.200. The van der Waals surface area contributed by atoms with Crippen LogP contribution in [-0.2, 0) is 0 Å². The molecule has 0 aliphatic carbocycles. The first-order valence-corrected chi connectivity index (χ1v) is 9.50. The second-order valence-corrected chi connectivity index (χ2v) is 7.15. The number of hydrogen-bond donors (Lipinski definition) is 1. The zero-order valence-electron chi connectivity index (χ0n) is 15.4. The predicted octanol–water partition coefficient (Wildman–Crippen LogP) is 3.48. The van der Waals surface area contributed by atoms with Crippen molar-refractivity contribution in [1.29, 1.82) is 0 Å². The van der Waals surface area contributed by atoms with Gasteiger partial charge in [-0.2, -0.15) is 9.78 Å². The molecule has 148 valence electrons. The fourth-order valence-corrected chi connectivity index (χ4v) is 3.66. The van der Waals surface area contributed by atoms with E-state index >= 15 is 0 Å². The number of hydrogen-bond acceptors (Lipinski definition) is 6. The summed E-state index contributed by atoms with van der Waals surface area (Å²) >= 11 is 6.37. The molecule has 2 aromatic carbocycles. The summed E-state index contributed by atoms with van der Waals surface area (Å²) in [5.41, 5.74) is 1.54. The Kier molecular flexibility index (Phi) is 5.18. The zero-order valence-corrected chi connectivity index (χ0v) is 16.1. The number of para-hydroxylation sites is 1. The van der Waals surface area contributed by atoms with Gasteiger partial charge in [-0.25, -0.2) is 0 Å². The van der Waals surface area contributed by atoms with Gasteiger partial charge in [-0.1, -0.05) is 29.8 Å². The quantitative estimate of drug-likeness (QED) is 0.510. The Morgan fingerprint density at radius 1 is 1.14 bits per heavy atom. The van der Waals surface area contributed by atoms with E-state index in [2.05, 4.69) is 10.4 Å². The molecule has 0 bridgehead atoms. The van der Waals surface area contributed by atoms with Crippen molar-refractivity contribution < 1.29 is 4.92 Å². The summed E-state index contributed by atoms with van der Waals surface area (Å²) in [7, 11) is 0. The fourth-order valence-electron chi connectivity index (χ4n) is 3.41. The van der Waals surface area contributed by atoms with Crippen LogP contribution in [0.25, 0.3) is 5.69 Å². The summed E-state index contributed by atoms with van der Waals surface area (Å²) in [6, 6.07) is 15.8. The van der Waals surface area contributed by atoms with Crippen LogP contribution in [0.3, 0.4) is 0 Å². The number of nitrogens with one attached hydrogen (secondary N) is 1. The maximum atomic E-state index is 12.7. The van der Waals surface area contributed by atoms with Crippen LogP contribution in [0.2, 0.25) is 5.02 Å². The molecule has 0 amide bonds. The molecule has 0 radical (unpaired) electrons. The number of halogens is 1. The molecule has 29 heavy (non-hydrogen) atoms. The van der Waals surface area contributed by atoms with E-state index in [0.717, 1.165) is 23.3 Å². The number of anilines is 2. The van der Waals surface area contributed by atoms with Gasteiger partial charge < -0.3 is 10.2 Å². The molecular formula is C20H18ClN5O3. The number of nitro benzene ring substituents is 1. The van der Waals surface area contributed by atoms with Gasteiger partial charge in [0.05, 0.1) is 22.5 Å². The third kappa shape index (κ3) is 3.93. The van der Waals surface area contributed by atoms with Gasteiger partial charge in [-0.3, -0.25) is 14.9 Å². The molecule has 1 fully saturated rings. The molecule has 1 aliphatic heterocycles. The molecule has 1 atom stereocenters. The summed E-state index contributed by atoms with van der Waals surface area (Å²) in [5.74, 6) is 0. The van der Waals surface area contributed by atoms with Crippen molar-refractivity contribution in [3.8, 4) is 5.69 Å². The number of nitrogens with zero attached hydrogens (tertiary/aromatic N) is 4. The molecule has 1 unspecified atom stereocenters. The van der Waals surface area contributed by atoms with Gasteiger partial charge in [0.2, 0.25) is 0 Å². The highest BCUT2D eigenvalue weighted by Gasteiger charge is 2.26. The van der Waals surface area contributed by atoms with Crippen LogP contribution in [0, 0.1) is 10.1 Å². The van der Waals surface area contributed by atoms with E-state index in [1.807, 2.05) is 35.2 Å². The van der Waals surface area contributed by atoms with Crippen LogP contribution in [0.15, 0.2) is 65.6 Å². The lowest BCUT2D eigenvalue weighted by atomic mass is 10.2. The first kappa shape index (κ1) is 18.9. The Balaban J connectivity index is 1.53. The van der Waals surface area contributed by atoms with E-state index in [0.29, 0.717) is 17.9 Å². The van der Waals surface area contributed by atoms with E-state index in [-0.39, 0.29) is 16.8 Å². The smallest absolute Gasteiger partial charge is 0.292 e. The average Bonchev–Trinajstić information content (AvgIpc) is 3.19. The molecule has 9 heteroatoms. The Hall–Kier alpha value is -3.39. The van der Waals surface area contributed by atoms with Crippen LogP contribution in [0.5, 0.6) is 0 Å². The monoisotopic (exact) mass is 411 g/mol. The van der Waals surface area contributed by atoms with Gasteiger partial charge >= 0.3 is 0 Å². The minimum Gasteiger partial charge on any atom is -0.380 e. The van der Waals surface area contributed by atoms with Gasteiger partial charge in [0.15, 0.2) is 0 Å². The van der Waals surface area contributed by atoms with E-state index in [9.17, 15) is 14.9 Å². The average molecular weight is 412 g/mol. The topological polar surface area (TPSA) is 93.3 Å². The highest BCUT2D eigenvalue weighted by Crippen LogP contribution is 2.27. The van der Waals surface area contributed by atoms with Crippen LogP contribution >= 0.6 is 11.6 Å². The van der Waals surface area contributed by atoms with E-state index in [1.54, 1.807) is 6.20 Å². The second kappa shape index (κ2) is 7.92. The van der Waals surface area contributed by atoms with Gasteiger partial charge in [0.1, 0.15) is 5.02 Å². The molecule has 8 nitrogen and oxygen atoms in total. The first-order valence-electron chi connectivity index (χ1n) is 9.12. The molecule has 0 spiro atoms. The normalized spacial score (nSPS) is 16.0. The molecular weight excluding hydrogens is 394 g/mol. The van der Waals surface area contributed by atoms with E-state index < -0.39 is 10.5 Å². The van der Waals surface area contributed by atoms with Crippen molar-refractivity contribution in [3.63, 3.8) is 0 Å². The number of benzene rings is 2. The SMILES string of the molecule is O=c1c(Cl)c(N2CCC(Nc3ccccc3)C2)cnn1-c1ccc([N+](=O)[O-])cc1. The van der Waals surface area contributed by atoms with Crippen LogP contribution in [0.1, 0.15) is 6.42 Å². The lowest BCUT2D eigenvalue weighted by molar-refractivity contribution is -0.384.